The Kier molecular flexibility index (Phi) is 2.36. The van der Waals surface area contributed by atoms with E-state index in [1.807, 2.05) is 0 Å². The van der Waals surface area contributed by atoms with Gasteiger partial charge < -0.3 is 5.32 Å². The molecule has 0 saturated heterocycles. The van der Waals surface area contributed by atoms with Crippen LogP contribution < -0.4 is 5.32 Å². The maximum absolute atomic E-state index is 12.9. The Bertz CT molecular complexity index is 560. The summed E-state index contributed by atoms with van der Waals surface area (Å²) < 4.78 is 12.9. The highest BCUT2D eigenvalue weighted by molar-refractivity contribution is 5.92. The van der Waals surface area contributed by atoms with E-state index in [0.717, 1.165) is 18.4 Å². The van der Waals surface area contributed by atoms with Crippen molar-refractivity contribution in [2.45, 2.75) is 18.4 Å². The normalized spacial score (nSPS) is 16.3. The van der Waals surface area contributed by atoms with Gasteiger partial charge in [0, 0.05) is 0 Å². The average Bonchev–Trinajstić information content (AvgIpc) is 2.94. The van der Waals surface area contributed by atoms with Crippen LogP contribution in [0.25, 0.3) is 0 Å². The van der Waals surface area contributed by atoms with E-state index in [2.05, 4.69) is 20.7 Å². The summed E-state index contributed by atoms with van der Waals surface area (Å²) in [4.78, 5) is 11.9. The van der Waals surface area contributed by atoms with Crippen LogP contribution >= 0.6 is 0 Å². The molecule has 0 unspecified atom stereocenters. The van der Waals surface area contributed by atoms with Crippen LogP contribution in [0.1, 0.15) is 28.9 Å². The molecule has 1 saturated carbocycles. The van der Waals surface area contributed by atoms with Gasteiger partial charge in [0.05, 0.1) is 11.7 Å². The van der Waals surface area contributed by atoms with E-state index in [0.29, 0.717) is 0 Å². The summed E-state index contributed by atoms with van der Waals surface area (Å²) in [7, 11) is 0. The summed E-state index contributed by atoms with van der Waals surface area (Å²) in [6.07, 6.45) is 3.07. The quantitative estimate of drug-likeness (QED) is 0.859. The van der Waals surface area contributed by atoms with Crippen molar-refractivity contribution in [3.63, 3.8) is 0 Å². The monoisotopic (exact) mass is 246 g/mol. The molecule has 6 heteroatoms. The zero-order valence-corrected chi connectivity index (χ0v) is 9.48. The van der Waals surface area contributed by atoms with Gasteiger partial charge in [-0.1, -0.05) is 12.1 Å². The number of benzene rings is 1. The highest BCUT2D eigenvalue weighted by atomic mass is 19.1. The first-order valence-electron chi connectivity index (χ1n) is 5.64. The van der Waals surface area contributed by atoms with Crippen molar-refractivity contribution in [2.24, 2.45) is 0 Å². The Morgan fingerprint density at radius 2 is 2.06 bits per heavy atom. The molecule has 3 rings (SSSR count). The van der Waals surface area contributed by atoms with E-state index >= 15 is 0 Å². The topological polar surface area (TPSA) is 70.7 Å². The minimum Gasteiger partial charge on any atom is -0.341 e. The van der Waals surface area contributed by atoms with Gasteiger partial charge in [0.2, 0.25) is 0 Å². The average molecular weight is 246 g/mol. The lowest BCUT2D eigenvalue weighted by molar-refractivity contribution is 0.0925. The van der Waals surface area contributed by atoms with Crippen LogP contribution in [0.4, 0.5) is 4.39 Å². The minimum atomic E-state index is -0.371. The first-order chi connectivity index (χ1) is 8.70. The molecule has 0 aliphatic heterocycles. The lowest BCUT2D eigenvalue weighted by Gasteiger charge is -2.17. The molecular formula is C12H11FN4O. The third-order valence-corrected chi connectivity index (χ3v) is 3.15. The van der Waals surface area contributed by atoms with Crippen LogP contribution in [0.15, 0.2) is 30.5 Å². The molecule has 1 aromatic heterocycles. The number of hydrogen-bond acceptors (Lipinski definition) is 3. The molecule has 5 nitrogen and oxygen atoms in total. The predicted octanol–water partition coefficient (Wildman–Crippen LogP) is 1.36. The second-order valence-electron chi connectivity index (χ2n) is 4.40. The summed E-state index contributed by atoms with van der Waals surface area (Å²) >= 11 is 0. The fraction of sp³-hybridized carbons (Fsp3) is 0.250. The Balaban J connectivity index is 1.80. The number of nitrogens with one attached hydrogen (secondary N) is 2. The number of H-pyrrole nitrogens is 1. The highest BCUT2D eigenvalue weighted by Crippen LogP contribution is 2.45. The third kappa shape index (κ3) is 1.85. The van der Waals surface area contributed by atoms with Crippen LogP contribution in [0, 0.1) is 5.82 Å². The van der Waals surface area contributed by atoms with Gasteiger partial charge in [0.1, 0.15) is 5.82 Å². The highest BCUT2D eigenvalue weighted by Gasteiger charge is 2.45. The molecular weight excluding hydrogens is 235 g/mol. The van der Waals surface area contributed by atoms with Crippen LogP contribution in [-0.4, -0.2) is 21.3 Å². The summed E-state index contributed by atoms with van der Waals surface area (Å²) in [6.45, 7) is 0. The fourth-order valence-corrected chi connectivity index (χ4v) is 1.97. The van der Waals surface area contributed by atoms with Gasteiger partial charge in [-0.05, 0) is 30.5 Å². The Morgan fingerprint density at radius 1 is 1.33 bits per heavy atom. The van der Waals surface area contributed by atoms with E-state index in [1.54, 1.807) is 12.1 Å². The number of hydrogen-bond donors (Lipinski definition) is 2. The number of carbonyl (C=O) groups excluding carboxylic acids is 1. The van der Waals surface area contributed by atoms with Gasteiger partial charge in [0.25, 0.3) is 5.91 Å². The maximum Gasteiger partial charge on any atom is 0.274 e. The van der Waals surface area contributed by atoms with Gasteiger partial charge in [-0.2, -0.15) is 15.4 Å². The molecule has 1 aliphatic rings. The Labute approximate surface area is 102 Å². The predicted molar refractivity (Wildman–Crippen MR) is 61.2 cm³/mol. The molecule has 18 heavy (non-hydrogen) atoms. The molecule has 0 radical (unpaired) electrons. The number of halogens is 1. The molecule has 92 valence electrons. The second kappa shape index (κ2) is 3.90. The molecule has 1 aliphatic carbocycles. The third-order valence-electron chi connectivity index (χ3n) is 3.15. The number of aromatic amines is 1. The largest absolute Gasteiger partial charge is 0.341 e. The van der Waals surface area contributed by atoms with Crippen molar-refractivity contribution in [2.75, 3.05) is 0 Å². The van der Waals surface area contributed by atoms with Crippen molar-refractivity contribution in [1.82, 2.24) is 20.7 Å². The molecule has 2 N–H and O–H groups in total. The molecule has 0 spiro atoms. The summed E-state index contributed by atoms with van der Waals surface area (Å²) in [6, 6.07) is 6.20. The molecule has 1 heterocycles. The first-order valence-corrected chi connectivity index (χ1v) is 5.64. The first kappa shape index (κ1) is 10.9. The molecule has 0 atom stereocenters. The molecule has 1 fully saturated rings. The molecule has 1 aromatic carbocycles. The van der Waals surface area contributed by atoms with Gasteiger partial charge >= 0.3 is 0 Å². The van der Waals surface area contributed by atoms with Crippen LogP contribution in [-0.2, 0) is 5.54 Å². The number of rotatable bonds is 3. The minimum absolute atomic E-state index is 0.253. The summed E-state index contributed by atoms with van der Waals surface area (Å²) in [5.41, 5.74) is 0.799. The standard InChI is InChI=1S/C12H11FN4O/c13-9-3-1-8(2-4-9)12(5-6-12)15-11(18)10-7-14-17-16-10/h1-4,7H,5-6H2,(H,15,18)(H,14,16,17). The van der Waals surface area contributed by atoms with Gasteiger partial charge in [-0.25, -0.2) is 4.39 Å². The zero-order chi connectivity index (χ0) is 12.6. The number of aromatic nitrogens is 3. The summed E-state index contributed by atoms with van der Waals surface area (Å²) in [5.74, 6) is -0.553. The Morgan fingerprint density at radius 3 is 2.61 bits per heavy atom. The van der Waals surface area contributed by atoms with E-state index in [1.165, 1.54) is 18.3 Å². The van der Waals surface area contributed by atoms with Crippen molar-refractivity contribution < 1.29 is 9.18 Å². The van der Waals surface area contributed by atoms with Crippen molar-refractivity contribution in [3.05, 3.63) is 47.5 Å². The van der Waals surface area contributed by atoms with E-state index < -0.39 is 0 Å². The Hall–Kier alpha value is -2.24. The lowest BCUT2D eigenvalue weighted by atomic mass is 10.0. The van der Waals surface area contributed by atoms with Crippen LogP contribution in [0.3, 0.4) is 0 Å². The smallest absolute Gasteiger partial charge is 0.274 e. The number of carbonyl (C=O) groups is 1. The van der Waals surface area contributed by atoms with E-state index in [4.69, 9.17) is 0 Å². The van der Waals surface area contributed by atoms with Gasteiger partial charge in [-0.3, -0.25) is 4.79 Å². The maximum atomic E-state index is 12.9. The van der Waals surface area contributed by atoms with E-state index in [9.17, 15) is 9.18 Å². The van der Waals surface area contributed by atoms with Crippen LogP contribution in [0.5, 0.6) is 0 Å². The zero-order valence-electron chi connectivity index (χ0n) is 9.48. The van der Waals surface area contributed by atoms with Gasteiger partial charge in [-0.15, -0.1) is 0 Å². The molecule has 1 amide bonds. The lowest BCUT2D eigenvalue weighted by Crippen LogP contribution is -2.35. The van der Waals surface area contributed by atoms with Crippen LogP contribution in [0.2, 0.25) is 0 Å². The number of amides is 1. The SMILES string of the molecule is O=C(NC1(c2ccc(F)cc2)CC1)c1cn[nH]n1. The second-order valence-corrected chi connectivity index (χ2v) is 4.40. The van der Waals surface area contributed by atoms with E-state index in [-0.39, 0.29) is 23.0 Å². The van der Waals surface area contributed by atoms with Crippen molar-refractivity contribution in [3.8, 4) is 0 Å². The fourth-order valence-electron chi connectivity index (χ4n) is 1.97. The van der Waals surface area contributed by atoms with Crippen molar-refractivity contribution in [1.29, 1.82) is 0 Å². The molecule has 0 bridgehead atoms. The molecule has 2 aromatic rings. The summed E-state index contributed by atoms with van der Waals surface area (Å²) in [5, 5.41) is 12.6. The number of nitrogens with zero attached hydrogens (tertiary/aromatic N) is 2. The van der Waals surface area contributed by atoms with Gasteiger partial charge in [0.15, 0.2) is 5.69 Å². The van der Waals surface area contributed by atoms with Crippen molar-refractivity contribution >= 4 is 5.91 Å².